The van der Waals surface area contributed by atoms with Crippen LogP contribution in [0.4, 0.5) is 5.82 Å². The molecule has 0 unspecified atom stereocenters. The summed E-state index contributed by atoms with van der Waals surface area (Å²) in [5.41, 5.74) is 1.67. The summed E-state index contributed by atoms with van der Waals surface area (Å²) in [7, 11) is 0. The molecular formula is C11H11N3O4S. The van der Waals surface area contributed by atoms with E-state index in [2.05, 4.69) is 9.97 Å². The van der Waals surface area contributed by atoms with Crippen LogP contribution < -0.4 is 4.90 Å². The van der Waals surface area contributed by atoms with Crippen molar-refractivity contribution in [2.24, 2.45) is 0 Å². The lowest BCUT2D eigenvalue weighted by Gasteiger charge is -2.19. The highest BCUT2D eigenvalue weighted by molar-refractivity contribution is 7.18. The number of carbonyl (C=O) groups is 2. The Balaban J connectivity index is 2.48. The van der Waals surface area contributed by atoms with Crippen molar-refractivity contribution in [3.8, 4) is 0 Å². The van der Waals surface area contributed by atoms with Crippen LogP contribution in [0.3, 0.4) is 0 Å². The van der Waals surface area contributed by atoms with E-state index in [1.807, 2.05) is 12.3 Å². The van der Waals surface area contributed by atoms with Gasteiger partial charge in [0, 0.05) is 0 Å². The second kappa shape index (κ2) is 5.19. The third kappa shape index (κ3) is 2.79. The average Bonchev–Trinajstić information content (AvgIpc) is 2.69. The number of anilines is 1. The van der Waals surface area contributed by atoms with E-state index in [0.29, 0.717) is 10.5 Å². The first-order valence-electron chi connectivity index (χ1n) is 5.36. The lowest BCUT2D eigenvalue weighted by molar-refractivity contribution is -0.136. The molecule has 0 amide bonds. The van der Waals surface area contributed by atoms with Crippen LogP contribution in [-0.2, 0) is 9.59 Å². The molecule has 2 aromatic heterocycles. The number of hydrogen-bond donors (Lipinski definition) is 2. The summed E-state index contributed by atoms with van der Waals surface area (Å²) in [6, 6.07) is 0. The Bertz CT molecular complexity index is 624. The van der Waals surface area contributed by atoms with E-state index < -0.39 is 25.0 Å². The molecule has 0 radical (unpaired) electrons. The first-order valence-corrected chi connectivity index (χ1v) is 6.24. The summed E-state index contributed by atoms with van der Waals surface area (Å²) < 4.78 is 0.697. The Labute approximate surface area is 112 Å². The molecule has 2 aromatic rings. The van der Waals surface area contributed by atoms with Crippen LogP contribution in [0.25, 0.3) is 10.2 Å². The van der Waals surface area contributed by atoms with Gasteiger partial charge in [0.2, 0.25) is 0 Å². The Morgan fingerprint density at radius 2 is 1.89 bits per heavy atom. The highest BCUT2D eigenvalue weighted by atomic mass is 32.1. The summed E-state index contributed by atoms with van der Waals surface area (Å²) in [4.78, 5) is 31.0. The summed E-state index contributed by atoms with van der Waals surface area (Å²) in [5.74, 6) is -1.88. The van der Waals surface area contributed by atoms with Gasteiger partial charge in [-0.2, -0.15) is 0 Å². The van der Waals surface area contributed by atoms with Gasteiger partial charge in [0.25, 0.3) is 0 Å². The molecule has 0 saturated carbocycles. The first kappa shape index (κ1) is 13.2. The van der Waals surface area contributed by atoms with Crippen LogP contribution in [-0.4, -0.2) is 45.2 Å². The number of rotatable bonds is 5. The minimum atomic E-state index is -1.11. The number of nitrogens with zero attached hydrogens (tertiary/aromatic N) is 3. The highest BCUT2D eigenvalue weighted by Crippen LogP contribution is 2.30. The van der Waals surface area contributed by atoms with Crippen molar-refractivity contribution in [3.05, 3.63) is 17.3 Å². The second-order valence-corrected chi connectivity index (χ2v) is 4.82. The smallest absolute Gasteiger partial charge is 0.323 e. The van der Waals surface area contributed by atoms with Crippen molar-refractivity contribution in [2.45, 2.75) is 6.92 Å². The number of carboxylic acids is 2. The van der Waals surface area contributed by atoms with Crippen molar-refractivity contribution in [1.29, 1.82) is 0 Å². The molecule has 0 fully saturated rings. The minimum Gasteiger partial charge on any atom is -0.480 e. The van der Waals surface area contributed by atoms with Crippen molar-refractivity contribution >= 4 is 39.3 Å². The molecule has 0 bridgehead atoms. The number of hydrogen-bond acceptors (Lipinski definition) is 6. The van der Waals surface area contributed by atoms with Crippen LogP contribution in [0.15, 0.2) is 11.7 Å². The van der Waals surface area contributed by atoms with E-state index in [0.717, 1.165) is 11.1 Å². The molecular weight excluding hydrogens is 270 g/mol. The Kier molecular flexibility index (Phi) is 3.61. The lowest BCUT2D eigenvalue weighted by Crippen LogP contribution is -2.35. The Hall–Kier alpha value is -2.22. The van der Waals surface area contributed by atoms with Gasteiger partial charge in [-0.15, -0.1) is 11.3 Å². The fourth-order valence-electron chi connectivity index (χ4n) is 1.71. The largest absolute Gasteiger partial charge is 0.480 e. The quantitative estimate of drug-likeness (QED) is 0.841. The van der Waals surface area contributed by atoms with E-state index in [1.54, 1.807) is 0 Å². The Morgan fingerprint density at radius 3 is 2.47 bits per heavy atom. The van der Waals surface area contributed by atoms with Crippen LogP contribution in [0.1, 0.15) is 5.56 Å². The van der Waals surface area contributed by atoms with Gasteiger partial charge >= 0.3 is 11.9 Å². The molecule has 8 heteroatoms. The second-order valence-electron chi connectivity index (χ2n) is 3.94. The predicted molar refractivity (Wildman–Crippen MR) is 69.6 cm³/mol. The molecule has 2 rings (SSSR count). The van der Waals surface area contributed by atoms with Gasteiger partial charge in [-0.25, -0.2) is 9.97 Å². The van der Waals surface area contributed by atoms with Crippen LogP contribution in [0.5, 0.6) is 0 Å². The number of thiophene rings is 1. The number of aliphatic carboxylic acids is 2. The minimum absolute atomic E-state index is 0.341. The van der Waals surface area contributed by atoms with Crippen molar-refractivity contribution in [2.75, 3.05) is 18.0 Å². The third-order valence-electron chi connectivity index (χ3n) is 2.46. The van der Waals surface area contributed by atoms with E-state index in [4.69, 9.17) is 10.2 Å². The van der Waals surface area contributed by atoms with E-state index in [1.165, 1.54) is 22.6 Å². The van der Waals surface area contributed by atoms with Gasteiger partial charge in [-0.1, -0.05) is 0 Å². The van der Waals surface area contributed by atoms with E-state index >= 15 is 0 Å². The van der Waals surface area contributed by atoms with Gasteiger partial charge in [-0.05, 0) is 17.9 Å². The standard InChI is InChI=1S/C11H11N3O4S/c1-6-4-19-10-9(6)12-5-13-11(10)14(2-7(15)16)3-8(17)18/h4-5H,2-3H2,1H3,(H,15,16)(H,17,18). The topological polar surface area (TPSA) is 104 Å². The zero-order valence-corrected chi connectivity index (χ0v) is 10.8. The molecule has 19 heavy (non-hydrogen) atoms. The van der Waals surface area contributed by atoms with Crippen molar-refractivity contribution in [1.82, 2.24) is 9.97 Å². The van der Waals surface area contributed by atoms with Gasteiger partial charge < -0.3 is 15.1 Å². The van der Waals surface area contributed by atoms with Gasteiger partial charge in [0.05, 0.1) is 10.2 Å². The summed E-state index contributed by atoms with van der Waals surface area (Å²) in [5, 5.41) is 19.6. The molecule has 2 heterocycles. The fourth-order valence-corrected chi connectivity index (χ4v) is 2.73. The summed E-state index contributed by atoms with van der Waals surface area (Å²) in [6.07, 6.45) is 1.31. The summed E-state index contributed by atoms with van der Waals surface area (Å²) in [6.45, 7) is 1.04. The van der Waals surface area contributed by atoms with Crippen molar-refractivity contribution in [3.63, 3.8) is 0 Å². The SMILES string of the molecule is Cc1csc2c(N(CC(=O)O)CC(=O)O)ncnc12. The molecule has 0 saturated heterocycles. The van der Waals surface area contributed by atoms with Gasteiger partial charge in [0.1, 0.15) is 19.4 Å². The molecule has 0 atom stereocenters. The fraction of sp³-hybridized carbons (Fsp3) is 0.273. The Morgan fingerprint density at radius 1 is 1.26 bits per heavy atom. The molecule has 0 aliphatic heterocycles. The molecule has 2 N–H and O–H groups in total. The van der Waals surface area contributed by atoms with Crippen LogP contribution >= 0.6 is 11.3 Å². The van der Waals surface area contributed by atoms with Gasteiger partial charge in [-0.3, -0.25) is 9.59 Å². The number of carboxylic acid groups (broad SMARTS) is 2. The molecule has 0 aliphatic rings. The maximum atomic E-state index is 10.8. The molecule has 7 nitrogen and oxygen atoms in total. The lowest BCUT2D eigenvalue weighted by atomic mass is 10.3. The van der Waals surface area contributed by atoms with Crippen LogP contribution in [0.2, 0.25) is 0 Å². The zero-order chi connectivity index (χ0) is 14.0. The summed E-state index contributed by atoms with van der Waals surface area (Å²) >= 11 is 1.37. The van der Waals surface area contributed by atoms with E-state index in [-0.39, 0.29) is 0 Å². The molecule has 0 aliphatic carbocycles. The molecule has 100 valence electrons. The van der Waals surface area contributed by atoms with Gasteiger partial charge in [0.15, 0.2) is 5.82 Å². The number of fused-ring (bicyclic) bond motifs is 1. The monoisotopic (exact) mass is 281 g/mol. The highest BCUT2D eigenvalue weighted by Gasteiger charge is 2.19. The first-order chi connectivity index (χ1) is 8.99. The number of aryl methyl sites for hydroxylation is 1. The zero-order valence-electron chi connectivity index (χ0n) is 10.0. The average molecular weight is 281 g/mol. The maximum absolute atomic E-state index is 10.8. The normalized spacial score (nSPS) is 10.6. The predicted octanol–water partition coefficient (Wildman–Crippen LogP) is 0.975. The van der Waals surface area contributed by atoms with E-state index in [9.17, 15) is 9.59 Å². The molecule has 0 spiro atoms. The molecule has 0 aromatic carbocycles. The van der Waals surface area contributed by atoms with Crippen molar-refractivity contribution < 1.29 is 19.8 Å². The van der Waals surface area contributed by atoms with Crippen LogP contribution in [0, 0.1) is 6.92 Å². The maximum Gasteiger partial charge on any atom is 0.323 e. The number of aromatic nitrogens is 2. The third-order valence-corrected chi connectivity index (χ3v) is 3.55.